The van der Waals surface area contributed by atoms with Gasteiger partial charge in [0.1, 0.15) is 0 Å². The molecule has 1 fully saturated rings. The molecule has 2 rings (SSSR count). The van der Waals surface area contributed by atoms with Gasteiger partial charge in [-0.2, -0.15) is 4.31 Å². The molecule has 9 heteroatoms. The minimum absolute atomic E-state index is 0.0264. The van der Waals surface area contributed by atoms with Gasteiger partial charge in [-0.05, 0) is 18.6 Å². The van der Waals surface area contributed by atoms with Crippen LogP contribution in [0.15, 0.2) is 23.4 Å². The van der Waals surface area contributed by atoms with Gasteiger partial charge in [0.2, 0.25) is 0 Å². The minimum atomic E-state index is -3.82. The molecule has 1 aliphatic rings. The molecule has 1 unspecified atom stereocenters. The highest BCUT2D eigenvalue weighted by molar-refractivity contribution is 7.92. The topological polar surface area (TPSA) is 96.4 Å². The van der Waals surface area contributed by atoms with Crippen LogP contribution in [0.5, 0.6) is 0 Å². The molecule has 7 nitrogen and oxygen atoms in total. The summed E-state index contributed by atoms with van der Waals surface area (Å²) in [5.74, 6) is -0.108. The second kappa shape index (κ2) is 5.30. The fourth-order valence-corrected chi connectivity index (χ4v) is 5.54. The van der Waals surface area contributed by atoms with E-state index in [0.717, 1.165) is 4.31 Å². The molecule has 1 saturated heterocycles. The van der Waals surface area contributed by atoms with Gasteiger partial charge >= 0.3 is 0 Å². The first-order valence-electron chi connectivity index (χ1n) is 6.09. The summed E-state index contributed by atoms with van der Waals surface area (Å²) in [4.78, 5) is 3.91. The number of sulfone groups is 1. The number of hydrogen-bond acceptors (Lipinski definition) is 6. The Morgan fingerprint density at radius 3 is 2.70 bits per heavy atom. The Morgan fingerprint density at radius 2 is 2.15 bits per heavy atom. The van der Waals surface area contributed by atoms with Gasteiger partial charge in [-0.15, -0.1) is 0 Å². The van der Waals surface area contributed by atoms with Gasteiger partial charge in [0.25, 0.3) is 10.0 Å². The Bertz CT molecular complexity index is 700. The molecule has 0 spiro atoms. The predicted molar refractivity (Wildman–Crippen MR) is 75.8 cm³/mol. The van der Waals surface area contributed by atoms with Crippen molar-refractivity contribution in [3.8, 4) is 0 Å². The number of sulfonamides is 1. The molecule has 1 aliphatic heterocycles. The summed E-state index contributed by atoms with van der Waals surface area (Å²) in [7, 11) is -3.96. The van der Waals surface area contributed by atoms with Gasteiger partial charge in [-0.1, -0.05) is 0 Å². The normalized spacial score (nSPS) is 22.1. The minimum Gasteiger partial charge on any atom is -0.386 e. The SMILES string of the molecule is CNc1cccnc1S(=O)(=O)N(C)C1CCS(=O)(=O)C1. The van der Waals surface area contributed by atoms with E-state index in [-0.39, 0.29) is 16.5 Å². The zero-order valence-electron chi connectivity index (χ0n) is 11.3. The van der Waals surface area contributed by atoms with Crippen molar-refractivity contribution >= 4 is 25.5 Å². The summed E-state index contributed by atoms with van der Waals surface area (Å²) in [6.45, 7) is 0. The molecule has 1 aromatic rings. The Hall–Kier alpha value is -1.19. The Balaban J connectivity index is 2.35. The average Bonchev–Trinajstić information content (AvgIpc) is 2.78. The van der Waals surface area contributed by atoms with E-state index in [0.29, 0.717) is 12.1 Å². The zero-order chi connectivity index (χ0) is 15.0. The fraction of sp³-hybridized carbons (Fsp3) is 0.545. The molecule has 1 N–H and O–H groups in total. The fourth-order valence-electron chi connectivity index (χ4n) is 2.18. The molecular weight excluding hydrogens is 302 g/mol. The molecular formula is C11H17N3O4S2. The first-order valence-corrected chi connectivity index (χ1v) is 9.35. The van der Waals surface area contributed by atoms with Crippen LogP contribution in [0.1, 0.15) is 6.42 Å². The van der Waals surface area contributed by atoms with Crippen LogP contribution in [0, 0.1) is 0 Å². The van der Waals surface area contributed by atoms with Gasteiger partial charge in [0, 0.05) is 26.3 Å². The van der Waals surface area contributed by atoms with Crippen molar-refractivity contribution in [2.45, 2.75) is 17.5 Å². The highest BCUT2D eigenvalue weighted by atomic mass is 32.2. The number of hydrogen-bond donors (Lipinski definition) is 1. The third-order valence-corrected chi connectivity index (χ3v) is 7.01. The smallest absolute Gasteiger partial charge is 0.262 e. The quantitative estimate of drug-likeness (QED) is 0.834. The summed E-state index contributed by atoms with van der Waals surface area (Å²) in [6, 6.07) is 2.71. The van der Waals surface area contributed by atoms with Gasteiger partial charge in [-0.3, -0.25) is 0 Å². The lowest BCUT2D eigenvalue weighted by Crippen LogP contribution is -2.38. The van der Waals surface area contributed by atoms with Crippen LogP contribution in [-0.4, -0.2) is 57.8 Å². The van der Waals surface area contributed by atoms with Crippen molar-refractivity contribution < 1.29 is 16.8 Å². The van der Waals surface area contributed by atoms with Gasteiger partial charge < -0.3 is 5.32 Å². The van der Waals surface area contributed by atoms with Crippen molar-refractivity contribution in [1.82, 2.24) is 9.29 Å². The summed E-state index contributed by atoms with van der Waals surface area (Å²) in [6.07, 6.45) is 1.72. The highest BCUT2D eigenvalue weighted by Crippen LogP contribution is 2.26. The van der Waals surface area contributed by atoms with E-state index in [1.54, 1.807) is 19.2 Å². The molecule has 0 saturated carbocycles. The molecule has 20 heavy (non-hydrogen) atoms. The van der Waals surface area contributed by atoms with Crippen molar-refractivity contribution in [3.63, 3.8) is 0 Å². The second-order valence-electron chi connectivity index (χ2n) is 4.68. The van der Waals surface area contributed by atoms with Crippen LogP contribution in [0.3, 0.4) is 0 Å². The number of aromatic nitrogens is 1. The predicted octanol–water partition coefficient (Wildman–Crippen LogP) is -0.0691. The standard InChI is InChI=1S/C11H17N3O4S2/c1-12-10-4-3-6-13-11(10)20(17,18)14(2)9-5-7-19(15,16)8-9/h3-4,6,9,12H,5,7-8H2,1-2H3. The third-order valence-electron chi connectivity index (χ3n) is 3.39. The van der Waals surface area contributed by atoms with Gasteiger partial charge in [0.05, 0.1) is 17.2 Å². The number of rotatable bonds is 4. The molecule has 0 aliphatic carbocycles. The highest BCUT2D eigenvalue weighted by Gasteiger charge is 2.37. The van der Waals surface area contributed by atoms with E-state index in [1.807, 2.05) is 0 Å². The van der Waals surface area contributed by atoms with E-state index in [2.05, 4.69) is 10.3 Å². The maximum Gasteiger partial charge on any atom is 0.262 e. The van der Waals surface area contributed by atoms with Crippen molar-refractivity contribution in [1.29, 1.82) is 0 Å². The van der Waals surface area contributed by atoms with Gasteiger partial charge in [-0.25, -0.2) is 21.8 Å². The van der Waals surface area contributed by atoms with Crippen molar-refractivity contribution in [2.24, 2.45) is 0 Å². The lowest BCUT2D eigenvalue weighted by atomic mass is 10.3. The van der Waals surface area contributed by atoms with Crippen LogP contribution in [0.4, 0.5) is 5.69 Å². The van der Waals surface area contributed by atoms with Crippen LogP contribution in [0.2, 0.25) is 0 Å². The summed E-state index contributed by atoms with van der Waals surface area (Å²) in [5.41, 5.74) is 0.389. The molecule has 0 amide bonds. The Morgan fingerprint density at radius 1 is 1.45 bits per heavy atom. The first kappa shape index (κ1) is 15.2. The van der Waals surface area contributed by atoms with Gasteiger partial charge in [0.15, 0.2) is 14.9 Å². The molecule has 2 heterocycles. The van der Waals surface area contributed by atoms with E-state index >= 15 is 0 Å². The summed E-state index contributed by atoms with van der Waals surface area (Å²) >= 11 is 0. The Kier molecular flexibility index (Phi) is 4.03. The monoisotopic (exact) mass is 319 g/mol. The zero-order valence-corrected chi connectivity index (χ0v) is 12.9. The van der Waals surface area contributed by atoms with Crippen LogP contribution < -0.4 is 5.32 Å². The van der Waals surface area contributed by atoms with E-state index in [9.17, 15) is 16.8 Å². The maximum absolute atomic E-state index is 12.5. The molecule has 112 valence electrons. The number of nitrogens with zero attached hydrogens (tertiary/aromatic N) is 2. The summed E-state index contributed by atoms with van der Waals surface area (Å²) in [5, 5.41) is 2.69. The molecule has 0 bridgehead atoms. The van der Waals surface area contributed by atoms with Crippen LogP contribution >= 0.6 is 0 Å². The Labute approximate surface area is 119 Å². The van der Waals surface area contributed by atoms with Crippen LogP contribution in [-0.2, 0) is 19.9 Å². The number of anilines is 1. The molecule has 1 atom stereocenters. The van der Waals surface area contributed by atoms with E-state index in [1.165, 1.54) is 13.2 Å². The average molecular weight is 319 g/mol. The molecule has 0 radical (unpaired) electrons. The summed E-state index contributed by atoms with van der Waals surface area (Å²) < 4.78 is 49.2. The lowest BCUT2D eigenvalue weighted by Gasteiger charge is -2.23. The second-order valence-corrected chi connectivity index (χ2v) is 8.83. The number of nitrogens with one attached hydrogen (secondary N) is 1. The van der Waals surface area contributed by atoms with Crippen LogP contribution in [0.25, 0.3) is 0 Å². The lowest BCUT2D eigenvalue weighted by molar-refractivity contribution is 0.392. The first-order chi connectivity index (χ1) is 9.28. The van der Waals surface area contributed by atoms with E-state index < -0.39 is 25.9 Å². The molecule has 0 aromatic carbocycles. The largest absolute Gasteiger partial charge is 0.386 e. The number of pyridine rings is 1. The van der Waals surface area contributed by atoms with E-state index in [4.69, 9.17) is 0 Å². The van der Waals surface area contributed by atoms with Crippen molar-refractivity contribution in [2.75, 3.05) is 30.9 Å². The maximum atomic E-state index is 12.5. The third kappa shape index (κ3) is 2.79. The van der Waals surface area contributed by atoms with Crippen molar-refractivity contribution in [3.05, 3.63) is 18.3 Å². The molecule has 1 aromatic heterocycles.